The van der Waals surface area contributed by atoms with E-state index in [2.05, 4.69) is 15.6 Å². The molecule has 1 saturated heterocycles. The van der Waals surface area contributed by atoms with E-state index in [4.69, 9.17) is 0 Å². The monoisotopic (exact) mass is 293 g/mol. The summed E-state index contributed by atoms with van der Waals surface area (Å²) in [4.78, 5) is 16.2. The molecule has 1 aliphatic rings. The van der Waals surface area contributed by atoms with Crippen LogP contribution in [-0.4, -0.2) is 35.5 Å². The van der Waals surface area contributed by atoms with Gasteiger partial charge in [0.25, 0.3) is 0 Å². The molecule has 2 heterocycles. The number of thioether (sulfide) groups is 1. The predicted molar refractivity (Wildman–Crippen MR) is 81.9 cm³/mol. The Morgan fingerprint density at radius 3 is 3.05 bits per heavy atom. The molecule has 100 valence electrons. The summed E-state index contributed by atoms with van der Waals surface area (Å²) >= 11 is 3.21. The van der Waals surface area contributed by atoms with Crippen LogP contribution in [0.4, 0.5) is 5.13 Å². The summed E-state index contributed by atoms with van der Waals surface area (Å²) in [7, 11) is 0. The van der Waals surface area contributed by atoms with Crippen molar-refractivity contribution < 1.29 is 4.79 Å². The number of hydrogen-bond acceptors (Lipinski definition) is 5. The molecule has 6 heteroatoms. The number of anilines is 1. The van der Waals surface area contributed by atoms with Crippen molar-refractivity contribution in [2.45, 2.75) is 0 Å². The van der Waals surface area contributed by atoms with Crippen LogP contribution < -0.4 is 10.6 Å². The van der Waals surface area contributed by atoms with Crippen molar-refractivity contribution in [2.24, 2.45) is 5.92 Å². The van der Waals surface area contributed by atoms with E-state index in [0.29, 0.717) is 10.9 Å². The normalized spacial score (nSPS) is 15.4. The fourth-order valence-electron chi connectivity index (χ4n) is 1.87. The van der Waals surface area contributed by atoms with E-state index in [0.717, 1.165) is 35.0 Å². The van der Waals surface area contributed by atoms with Gasteiger partial charge in [0.05, 0.1) is 16.0 Å². The first-order chi connectivity index (χ1) is 9.31. The first-order valence-electron chi connectivity index (χ1n) is 6.25. The molecule has 0 atom stereocenters. The predicted octanol–water partition coefficient (Wildman–Crippen LogP) is 2.19. The van der Waals surface area contributed by atoms with Gasteiger partial charge in [-0.25, -0.2) is 4.98 Å². The van der Waals surface area contributed by atoms with Crippen LogP contribution in [0.5, 0.6) is 0 Å². The Hall–Kier alpha value is -1.11. The molecule has 0 spiro atoms. The molecule has 4 nitrogen and oxygen atoms in total. The van der Waals surface area contributed by atoms with Crippen molar-refractivity contribution in [1.29, 1.82) is 0 Å². The minimum absolute atomic E-state index is 0.0383. The van der Waals surface area contributed by atoms with Crippen LogP contribution in [0, 0.1) is 5.92 Å². The summed E-state index contributed by atoms with van der Waals surface area (Å²) in [6.45, 7) is 2.18. The number of thiazole rings is 1. The number of nitrogens with zero attached hydrogens (tertiary/aromatic N) is 1. The SMILES string of the molecule is O=C(CSCC1CNC1)Nc1nc2ccccc2s1. The van der Waals surface area contributed by atoms with Crippen LogP contribution in [0.15, 0.2) is 24.3 Å². The highest BCUT2D eigenvalue weighted by atomic mass is 32.2. The molecule has 1 aliphatic heterocycles. The number of aromatic nitrogens is 1. The highest BCUT2D eigenvalue weighted by Crippen LogP contribution is 2.25. The molecule has 1 amide bonds. The average Bonchev–Trinajstić information content (AvgIpc) is 2.74. The lowest BCUT2D eigenvalue weighted by Gasteiger charge is -2.26. The van der Waals surface area contributed by atoms with E-state index in [9.17, 15) is 4.79 Å². The molecule has 19 heavy (non-hydrogen) atoms. The van der Waals surface area contributed by atoms with Gasteiger partial charge in [-0.15, -0.1) is 0 Å². The second-order valence-corrected chi connectivity index (χ2v) is 6.64. The fourth-order valence-corrected chi connectivity index (χ4v) is 3.69. The van der Waals surface area contributed by atoms with Crippen molar-refractivity contribution >= 4 is 44.4 Å². The maximum atomic E-state index is 11.8. The number of benzene rings is 1. The van der Waals surface area contributed by atoms with Crippen LogP contribution in [-0.2, 0) is 4.79 Å². The lowest BCUT2D eigenvalue weighted by atomic mass is 10.1. The van der Waals surface area contributed by atoms with Gasteiger partial charge in [0.15, 0.2) is 5.13 Å². The molecule has 1 fully saturated rings. The van der Waals surface area contributed by atoms with Crippen LogP contribution in [0.3, 0.4) is 0 Å². The van der Waals surface area contributed by atoms with E-state index in [1.54, 1.807) is 11.8 Å². The van der Waals surface area contributed by atoms with Crippen LogP contribution in [0.2, 0.25) is 0 Å². The molecule has 0 aliphatic carbocycles. The second-order valence-electron chi connectivity index (χ2n) is 4.57. The quantitative estimate of drug-likeness (QED) is 0.887. The van der Waals surface area contributed by atoms with Crippen LogP contribution in [0.25, 0.3) is 10.2 Å². The Morgan fingerprint density at radius 1 is 1.47 bits per heavy atom. The lowest BCUT2D eigenvalue weighted by Crippen LogP contribution is -2.43. The number of amides is 1. The summed E-state index contributed by atoms with van der Waals surface area (Å²) in [6.07, 6.45) is 0. The number of carbonyl (C=O) groups is 1. The van der Waals surface area contributed by atoms with Gasteiger partial charge in [-0.05, 0) is 36.9 Å². The van der Waals surface area contributed by atoms with Crippen molar-refractivity contribution in [3.05, 3.63) is 24.3 Å². The van der Waals surface area contributed by atoms with Gasteiger partial charge in [-0.3, -0.25) is 4.79 Å². The summed E-state index contributed by atoms with van der Waals surface area (Å²) in [5.74, 6) is 2.34. The summed E-state index contributed by atoms with van der Waals surface area (Å²) < 4.78 is 1.10. The molecular formula is C13H15N3OS2. The van der Waals surface area contributed by atoms with Gasteiger partial charge < -0.3 is 10.6 Å². The van der Waals surface area contributed by atoms with Crippen molar-refractivity contribution in [3.63, 3.8) is 0 Å². The standard InChI is InChI=1S/C13H15N3OS2/c17-12(8-18-7-9-5-14-6-9)16-13-15-10-3-1-2-4-11(10)19-13/h1-4,9,14H,5-8H2,(H,15,16,17). The molecular weight excluding hydrogens is 278 g/mol. The highest BCUT2D eigenvalue weighted by Gasteiger charge is 2.17. The smallest absolute Gasteiger partial charge is 0.236 e. The minimum Gasteiger partial charge on any atom is -0.316 e. The van der Waals surface area contributed by atoms with Crippen LogP contribution >= 0.6 is 23.1 Å². The van der Waals surface area contributed by atoms with Gasteiger partial charge in [-0.2, -0.15) is 11.8 Å². The van der Waals surface area contributed by atoms with E-state index >= 15 is 0 Å². The van der Waals surface area contributed by atoms with Gasteiger partial charge in [0, 0.05) is 0 Å². The summed E-state index contributed by atoms with van der Waals surface area (Å²) in [6, 6.07) is 7.91. The molecule has 1 aromatic heterocycles. The Kier molecular flexibility index (Phi) is 4.00. The molecule has 2 aromatic rings. The van der Waals surface area contributed by atoms with E-state index in [1.807, 2.05) is 24.3 Å². The second kappa shape index (κ2) is 5.90. The summed E-state index contributed by atoms with van der Waals surface area (Å²) in [5, 5.41) is 6.80. The minimum atomic E-state index is 0.0383. The largest absolute Gasteiger partial charge is 0.316 e. The highest BCUT2D eigenvalue weighted by molar-refractivity contribution is 7.99. The number of rotatable bonds is 5. The van der Waals surface area contributed by atoms with Crippen molar-refractivity contribution in [1.82, 2.24) is 10.3 Å². The molecule has 0 unspecified atom stereocenters. The zero-order valence-electron chi connectivity index (χ0n) is 10.4. The van der Waals surface area contributed by atoms with Crippen molar-refractivity contribution in [3.8, 4) is 0 Å². The Bertz CT molecular complexity index is 547. The van der Waals surface area contributed by atoms with Gasteiger partial charge in [0.2, 0.25) is 5.91 Å². The van der Waals surface area contributed by atoms with Crippen molar-refractivity contribution in [2.75, 3.05) is 29.9 Å². The Labute approximate surface area is 120 Å². The first kappa shape index (κ1) is 12.9. The third kappa shape index (κ3) is 3.26. The van der Waals surface area contributed by atoms with Gasteiger partial charge >= 0.3 is 0 Å². The Balaban J connectivity index is 1.50. The van der Waals surface area contributed by atoms with Gasteiger partial charge in [0.1, 0.15) is 0 Å². The third-order valence-electron chi connectivity index (χ3n) is 2.99. The van der Waals surface area contributed by atoms with E-state index < -0.39 is 0 Å². The van der Waals surface area contributed by atoms with E-state index in [1.165, 1.54) is 11.3 Å². The molecule has 3 rings (SSSR count). The lowest BCUT2D eigenvalue weighted by molar-refractivity contribution is -0.113. The number of nitrogens with one attached hydrogen (secondary N) is 2. The number of hydrogen-bond donors (Lipinski definition) is 2. The zero-order chi connectivity index (χ0) is 13.1. The van der Waals surface area contributed by atoms with Gasteiger partial charge in [-0.1, -0.05) is 23.5 Å². The summed E-state index contributed by atoms with van der Waals surface area (Å²) in [5.41, 5.74) is 0.941. The van der Waals surface area contributed by atoms with E-state index in [-0.39, 0.29) is 5.91 Å². The maximum Gasteiger partial charge on any atom is 0.236 e. The average molecular weight is 293 g/mol. The number of fused-ring (bicyclic) bond motifs is 1. The topological polar surface area (TPSA) is 54.0 Å². The molecule has 0 radical (unpaired) electrons. The molecule has 0 saturated carbocycles. The zero-order valence-corrected chi connectivity index (χ0v) is 12.0. The first-order valence-corrected chi connectivity index (χ1v) is 8.22. The Morgan fingerprint density at radius 2 is 2.32 bits per heavy atom. The third-order valence-corrected chi connectivity index (χ3v) is 5.12. The molecule has 1 aromatic carbocycles. The maximum absolute atomic E-state index is 11.8. The number of para-hydroxylation sites is 1. The number of carbonyl (C=O) groups excluding carboxylic acids is 1. The van der Waals surface area contributed by atoms with Crippen LogP contribution in [0.1, 0.15) is 0 Å². The molecule has 0 bridgehead atoms. The fraction of sp³-hybridized carbons (Fsp3) is 0.385. The molecule has 2 N–H and O–H groups in total.